The molecule has 4 heteroatoms. The molecule has 1 rings (SSSR count). The predicted molar refractivity (Wildman–Crippen MR) is 70.7 cm³/mol. The van der Waals surface area contributed by atoms with Gasteiger partial charge < -0.3 is 10.6 Å². The van der Waals surface area contributed by atoms with Crippen LogP contribution in [0.5, 0.6) is 0 Å². The van der Waals surface area contributed by atoms with Gasteiger partial charge in [0.1, 0.15) is 11.9 Å². The summed E-state index contributed by atoms with van der Waals surface area (Å²) in [5.41, 5.74) is 6.68. The molecule has 0 spiro atoms. The molecule has 0 aliphatic carbocycles. The Bertz CT molecular complexity index is 420. The summed E-state index contributed by atoms with van der Waals surface area (Å²) in [7, 11) is 1.96. The molecule has 0 saturated carbocycles. The first-order valence-corrected chi connectivity index (χ1v) is 5.84. The van der Waals surface area contributed by atoms with Gasteiger partial charge in [-0.05, 0) is 25.3 Å². The minimum absolute atomic E-state index is 0.346. The van der Waals surface area contributed by atoms with Gasteiger partial charge >= 0.3 is 0 Å². The van der Waals surface area contributed by atoms with Gasteiger partial charge in [-0.25, -0.2) is 4.98 Å². The molecule has 92 valence electrons. The summed E-state index contributed by atoms with van der Waals surface area (Å²) in [6.45, 7) is 6.51. The maximum Gasteiger partial charge on any atom is 0.146 e. The number of hydrogen-bond acceptors (Lipinski definition) is 4. The third-order valence-corrected chi connectivity index (χ3v) is 2.82. The number of nitrogens with two attached hydrogens (primary N) is 1. The number of pyridine rings is 1. The Balaban J connectivity index is 2.96. The number of nitrogen functional groups attached to an aromatic ring is 1. The molecule has 0 fully saturated rings. The summed E-state index contributed by atoms with van der Waals surface area (Å²) in [6.07, 6.45) is 2.65. The van der Waals surface area contributed by atoms with E-state index in [9.17, 15) is 0 Å². The average Bonchev–Trinajstić information content (AvgIpc) is 2.27. The molecule has 1 atom stereocenters. The van der Waals surface area contributed by atoms with Crippen LogP contribution in [0.25, 0.3) is 0 Å². The third-order valence-electron chi connectivity index (χ3n) is 2.82. The molecule has 1 unspecified atom stereocenters. The van der Waals surface area contributed by atoms with E-state index >= 15 is 0 Å². The topological polar surface area (TPSA) is 65.9 Å². The van der Waals surface area contributed by atoms with Gasteiger partial charge in [-0.1, -0.05) is 13.8 Å². The summed E-state index contributed by atoms with van der Waals surface area (Å²) in [5.74, 6) is 1.32. The van der Waals surface area contributed by atoms with Crippen molar-refractivity contribution in [2.24, 2.45) is 5.92 Å². The lowest BCUT2D eigenvalue weighted by Crippen LogP contribution is -2.31. The van der Waals surface area contributed by atoms with Crippen molar-refractivity contribution in [1.29, 1.82) is 5.26 Å². The normalized spacial score (nSPS) is 12.2. The molecule has 0 saturated heterocycles. The highest BCUT2D eigenvalue weighted by Gasteiger charge is 2.16. The number of rotatable bonds is 4. The molecule has 1 aromatic rings. The third kappa shape index (κ3) is 3.35. The Hall–Kier alpha value is -1.76. The molecule has 1 heterocycles. The van der Waals surface area contributed by atoms with Gasteiger partial charge in [-0.2, -0.15) is 5.26 Å². The zero-order chi connectivity index (χ0) is 13.0. The number of anilines is 2. The molecule has 0 aromatic carbocycles. The number of nitriles is 1. The van der Waals surface area contributed by atoms with Gasteiger partial charge in [0, 0.05) is 13.1 Å². The number of aromatic nitrogens is 1. The SMILES string of the molecule is CC(C)CC(C)N(C)c1ncc(N)cc1C#N. The van der Waals surface area contributed by atoms with E-state index in [0.717, 1.165) is 6.42 Å². The summed E-state index contributed by atoms with van der Waals surface area (Å²) in [4.78, 5) is 6.30. The molecule has 17 heavy (non-hydrogen) atoms. The summed E-state index contributed by atoms with van der Waals surface area (Å²) < 4.78 is 0. The number of hydrogen-bond donors (Lipinski definition) is 1. The lowest BCUT2D eigenvalue weighted by Gasteiger charge is -2.28. The Kier molecular flexibility index (Phi) is 4.33. The zero-order valence-electron chi connectivity index (χ0n) is 10.9. The largest absolute Gasteiger partial charge is 0.397 e. The van der Waals surface area contributed by atoms with Crippen LogP contribution < -0.4 is 10.6 Å². The first kappa shape index (κ1) is 13.3. The monoisotopic (exact) mass is 232 g/mol. The standard InChI is InChI=1S/C13H20N4/c1-9(2)5-10(3)17(4)13-11(7-14)6-12(15)8-16-13/h6,8-10H,5,15H2,1-4H3. The molecular weight excluding hydrogens is 212 g/mol. The zero-order valence-corrected chi connectivity index (χ0v) is 10.9. The van der Waals surface area contributed by atoms with Crippen LogP contribution >= 0.6 is 0 Å². The first-order chi connectivity index (χ1) is 7.95. The van der Waals surface area contributed by atoms with Crippen LogP contribution in [0.15, 0.2) is 12.3 Å². The van der Waals surface area contributed by atoms with Gasteiger partial charge in [-0.3, -0.25) is 0 Å². The Morgan fingerprint density at radius 1 is 1.47 bits per heavy atom. The molecule has 0 bridgehead atoms. The van der Waals surface area contributed by atoms with E-state index in [1.807, 2.05) is 11.9 Å². The summed E-state index contributed by atoms with van der Waals surface area (Å²) in [6, 6.07) is 4.15. The quantitative estimate of drug-likeness (QED) is 0.865. The van der Waals surface area contributed by atoms with E-state index in [-0.39, 0.29) is 0 Å². The molecule has 0 radical (unpaired) electrons. The fourth-order valence-corrected chi connectivity index (χ4v) is 1.89. The molecule has 0 aliphatic rings. The van der Waals surface area contributed by atoms with Crippen LogP contribution in [0.3, 0.4) is 0 Å². The predicted octanol–water partition coefficient (Wildman–Crippen LogP) is 2.41. The fourth-order valence-electron chi connectivity index (χ4n) is 1.89. The fraction of sp³-hybridized carbons (Fsp3) is 0.538. The maximum absolute atomic E-state index is 9.08. The van der Waals surface area contributed by atoms with Crippen molar-refractivity contribution in [3.05, 3.63) is 17.8 Å². The highest BCUT2D eigenvalue weighted by atomic mass is 15.2. The first-order valence-electron chi connectivity index (χ1n) is 5.84. The molecule has 4 nitrogen and oxygen atoms in total. The van der Waals surface area contributed by atoms with E-state index in [1.54, 1.807) is 12.3 Å². The highest BCUT2D eigenvalue weighted by Crippen LogP contribution is 2.22. The average molecular weight is 232 g/mol. The van der Waals surface area contributed by atoms with E-state index in [1.165, 1.54) is 0 Å². The van der Waals surface area contributed by atoms with Crippen molar-refractivity contribution in [3.63, 3.8) is 0 Å². The molecule has 0 amide bonds. The van der Waals surface area contributed by atoms with Crippen LogP contribution in [-0.2, 0) is 0 Å². The molecule has 0 aliphatic heterocycles. The lowest BCUT2D eigenvalue weighted by atomic mass is 10.0. The van der Waals surface area contributed by atoms with Crippen molar-refractivity contribution < 1.29 is 0 Å². The van der Waals surface area contributed by atoms with E-state index in [4.69, 9.17) is 11.0 Å². The minimum Gasteiger partial charge on any atom is -0.397 e. The minimum atomic E-state index is 0.346. The van der Waals surface area contributed by atoms with Crippen LogP contribution in [-0.4, -0.2) is 18.1 Å². The van der Waals surface area contributed by atoms with Crippen LogP contribution in [0.1, 0.15) is 32.8 Å². The molecular formula is C13H20N4. The van der Waals surface area contributed by atoms with Gasteiger partial charge in [0.25, 0.3) is 0 Å². The van der Waals surface area contributed by atoms with Gasteiger partial charge in [0.05, 0.1) is 17.4 Å². The summed E-state index contributed by atoms with van der Waals surface area (Å²) >= 11 is 0. The van der Waals surface area contributed by atoms with Crippen molar-refractivity contribution in [1.82, 2.24) is 4.98 Å². The second-order valence-electron chi connectivity index (χ2n) is 4.84. The molecule has 2 N–H and O–H groups in total. The Morgan fingerprint density at radius 2 is 2.12 bits per heavy atom. The second kappa shape index (κ2) is 5.53. The van der Waals surface area contributed by atoms with Crippen LogP contribution in [0.2, 0.25) is 0 Å². The van der Waals surface area contributed by atoms with Gasteiger partial charge in [0.2, 0.25) is 0 Å². The Morgan fingerprint density at radius 3 is 2.65 bits per heavy atom. The van der Waals surface area contributed by atoms with Gasteiger partial charge in [0.15, 0.2) is 0 Å². The van der Waals surface area contributed by atoms with E-state index in [2.05, 4.69) is 31.8 Å². The van der Waals surface area contributed by atoms with Crippen molar-refractivity contribution >= 4 is 11.5 Å². The van der Waals surface area contributed by atoms with Crippen molar-refractivity contribution in [3.8, 4) is 6.07 Å². The smallest absolute Gasteiger partial charge is 0.146 e. The second-order valence-corrected chi connectivity index (χ2v) is 4.84. The van der Waals surface area contributed by atoms with E-state index < -0.39 is 0 Å². The van der Waals surface area contributed by atoms with Gasteiger partial charge in [-0.15, -0.1) is 0 Å². The van der Waals surface area contributed by atoms with Crippen molar-refractivity contribution in [2.45, 2.75) is 33.2 Å². The Labute approximate surface area is 103 Å². The van der Waals surface area contributed by atoms with Crippen LogP contribution in [0, 0.1) is 17.2 Å². The highest BCUT2D eigenvalue weighted by molar-refractivity contribution is 5.58. The summed E-state index contributed by atoms with van der Waals surface area (Å²) in [5, 5.41) is 9.08. The number of nitrogens with zero attached hydrogens (tertiary/aromatic N) is 3. The van der Waals surface area contributed by atoms with Crippen LogP contribution in [0.4, 0.5) is 11.5 Å². The maximum atomic E-state index is 9.08. The van der Waals surface area contributed by atoms with E-state index in [0.29, 0.717) is 29.0 Å². The molecule has 1 aromatic heterocycles. The lowest BCUT2D eigenvalue weighted by molar-refractivity contribution is 0.502. The van der Waals surface area contributed by atoms with Crippen molar-refractivity contribution in [2.75, 3.05) is 17.7 Å².